The summed E-state index contributed by atoms with van der Waals surface area (Å²) >= 11 is 0. The summed E-state index contributed by atoms with van der Waals surface area (Å²) in [5.74, 6) is -0.0711. The molecule has 0 radical (unpaired) electrons. The number of amides is 1. The third-order valence-electron chi connectivity index (χ3n) is 4.98. The first-order valence-corrected chi connectivity index (χ1v) is 9.11. The lowest BCUT2D eigenvalue weighted by atomic mass is 10.1. The van der Waals surface area contributed by atoms with Crippen molar-refractivity contribution in [3.8, 4) is 0 Å². The molecule has 0 spiro atoms. The first kappa shape index (κ1) is 16.6. The topological polar surface area (TPSA) is 46.9 Å². The van der Waals surface area contributed by atoms with Crippen LogP contribution < -0.4 is 5.32 Å². The Hall–Kier alpha value is -2.88. The predicted octanol–water partition coefficient (Wildman–Crippen LogP) is 4.29. The molecule has 4 nitrogen and oxygen atoms in total. The number of aromatic nitrogens is 2. The number of benzene rings is 2. The molecular formula is C22H23N3O. The van der Waals surface area contributed by atoms with Crippen molar-refractivity contribution in [3.05, 3.63) is 82.2 Å². The summed E-state index contributed by atoms with van der Waals surface area (Å²) in [4.78, 5) is 12.7. The van der Waals surface area contributed by atoms with Gasteiger partial charge in [0.25, 0.3) is 5.91 Å². The first-order valence-electron chi connectivity index (χ1n) is 9.11. The number of anilines is 1. The van der Waals surface area contributed by atoms with Crippen LogP contribution in [0.25, 0.3) is 0 Å². The molecule has 0 saturated heterocycles. The summed E-state index contributed by atoms with van der Waals surface area (Å²) in [7, 11) is 0. The van der Waals surface area contributed by atoms with Crippen LogP contribution in [-0.4, -0.2) is 15.7 Å². The van der Waals surface area contributed by atoms with E-state index in [9.17, 15) is 4.79 Å². The standard InChI is InChI=1S/C22H23N3O/c1-15-11-16(2)25(24-15)14-17-5-3-8-20(12-17)22(26)23-21-10-9-18-6-4-7-19(18)13-21/h3,5,8-13H,4,6-7,14H2,1-2H3,(H,23,26). The van der Waals surface area contributed by atoms with Crippen molar-refractivity contribution < 1.29 is 4.79 Å². The third kappa shape index (κ3) is 3.40. The Bertz CT molecular complexity index is 971. The molecule has 26 heavy (non-hydrogen) atoms. The largest absolute Gasteiger partial charge is 0.322 e. The average Bonchev–Trinajstić information content (AvgIpc) is 3.21. The summed E-state index contributed by atoms with van der Waals surface area (Å²) in [6, 6.07) is 16.1. The second-order valence-electron chi connectivity index (χ2n) is 7.08. The lowest BCUT2D eigenvalue weighted by Gasteiger charge is -2.09. The molecule has 3 aromatic rings. The van der Waals surface area contributed by atoms with Gasteiger partial charge in [0.1, 0.15) is 0 Å². The molecule has 132 valence electrons. The van der Waals surface area contributed by atoms with E-state index in [4.69, 9.17) is 0 Å². The predicted molar refractivity (Wildman–Crippen MR) is 104 cm³/mol. The quantitative estimate of drug-likeness (QED) is 0.767. The zero-order valence-corrected chi connectivity index (χ0v) is 15.2. The Labute approximate surface area is 153 Å². The highest BCUT2D eigenvalue weighted by Crippen LogP contribution is 2.25. The second kappa shape index (κ2) is 6.79. The van der Waals surface area contributed by atoms with Gasteiger partial charge in [0, 0.05) is 16.9 Å². The van der Waals surface area contributed by atoms with E-state index in [1.807, 2.05) is 48.9 Å². The van der Waals surface area contributed by atoms with Crippen molar-refractivity contribution in [2.75, 3.05) is 5.32 Å². The van der Waals surface area contributed by atoms with E-state index in [0.717, 1.165) is 35.5 Å². The molecule has 4 rings (SSSR count). The molecule has 1 aromatic heterocycles. The molecule has 1 amide bonds. The van der Waals surface area contributed by atoms with Gasteiger partial charge >= 0.3 is 0 Å². The van der Waals surface area contributed by atoms with Crippen LogP contribution in [0.15, 0.2) is 48.5 Å². The minimum absolute atomic E-state index is 0.0711. The van der Waals surface area contributed by atoms with Crippen LogP contribution >= 0.6 is 0 Å². The van der Waals surface area contributed by atoms with Crippen LogP contribution in [-0.2, 0) is 19.4 Å². The Morgan fingerprint density at radius 3 is 2.73 bits per heavy atom. The fourth-order valence-corrected chi connectivity index (χ4v) is 3.67. The number of carbonyl (C=O) groups is 1. The maximum Gasteiger partial charge on any atom is 0.255 e. The van der Waals surface area contributed by atoms with Crippen LogP contribution in [0.3, 0.4) is 0 Å². The highest BCUT2D eigenvalue weighted by molar-refractivity contribution is 6.04. The number of nitrogens with zero attached hydrogens (tertiary/aromatic N) is 2. The highest BCUT2D eigenvalue weighted by atomic mass is 16.1. The van der Waals surface area contributed by atoms with Crippen LogP contribution in [0.1, 0.15) is 44.9 Å². The van der Waals surface area contributed by atoms with E-state index in [0.29, 0.717) is 12.1 Å². The normalized spacial score (nSPS) is 12.8. The third-order valence-corrected chi connectivity index (χ3v) is 4.98. The Balaban J connectivity index is 1.50. The molecule has 0 fully saturated rings. The number of aryl methyl sites for hydroxylation is 4. The molecule has 1 aliphatic carbocycles. The van der Waals surface area contributed by atoms with Gasteiger partial charge in [-0.1, -0.05) is 18.2 Å². The SMILES string of the molecule is Cc1cc(C)n(Cc2cccc(C(=O)Nc3ccc4c(c3)CCC4)c2)n1. The molecule has 1 N–H and O–H groups in total. The van der Waals surface area contributed by atoms with Crippen molar-refractivity contribution in [1.82, 2.24) is 9.78 Å². The van der Waals surface area contributed by atoms with Gasteiger partial charge in [0.05, 0.1) is 12.2 Å². The van der Waals surface area contributed by atoms with Gasteiger partial charge < -0.3 is 5.32 Å². The van der Waals surface area contributed by atoms with Crippen LogP contribution in [0, 0.1) is 13.8 Å². The van der Waals surface area contributed by atoms with Gasteiger partial charge in [-0.3, -0.25) is 9.48 Å². The van der Waals surface area contributed by atoms with E-state index < -0.39 is 0 Å². The minimum atomic E-state index is -0.0711. The number of hydrogen-bond donors (Lipinski definition) is 1. The van der Waals surface area contributed by atoms with Crippen LogP contribution in [0.2, 0.25) is 0 Å². The number of hydrogen-bond acceptors (Lipinski definition) is 2. The highest BCUT2D eigenvalue weighted by Gasteiger charge is 2.13. The molecule has 2 aromatic carbocycles. The van der Waals surface area contributed by atoms with E-state index >= 15 is 0 Å². The number of rotatable bonds is 4. The van der Waals surface area contributed by atoms with E-state index in [1.54, 1.807) is 0 Å². The second-order valence-corrected chi connectivity index (χ2v) is 7.08. The molecule has 0 aliphatic heterocycles. The van der Waals surface area contributed by atoms with Crippen LogP contribution in [0.4, 0.5) is 5.69 Å². The summed E-state index contributed by atoms with van der Waals surface area (Å²) in [6.07, 6.45) is 3.47. The van der Waals surface area contributed by atoms with Gasteiger partial charge in [0.2, 0.25) is 0 Å². The lowest BCUT2D eigenvalue weighted by Crippen LogP contribution is -2.13. The molecule has 0 bridgehead atoms. The number of nitrogens with one attached hydrogen (secondary N) is 1. The molecule has 4 heteroatoms. The molecule has 0 unspecified atom stereocenters. The summed E-state index contributed by atoms with van der Waals surface area (Å²) in [6.45, 7) is 4.70. The van der Waals surface area contributed by atoms with E-state index in [-0.39, 0.29) is 5.91 Å². The maximum absolute atomic E-state index is 12.7. The van der Waals surface area contributed by atoms with Gasteiger partial charge in [-0.15, -0.1) is 0 Å². The minimum Gasteiger partial charge on any atom is -0.322 e. The summed E-state index contributed by atoms with van der Waals surface area (Å²) in [5.41, 5.74) is 7.52. The van der Waals surface area contributed by atoms with Crippen LogP contribution in [0.5, 0.6) is 0 Å². The Kier molecular flexibility index (Phi) is 4.33. The number of fused-ring (bicyclic) bond motifs is 1. The fourth-order valence-electron chi connectivity index (χ4n) is 3.67. The van der Waals surface area contributed by atoms with Gasteiger partial charge in [-0.2, -0.15) is 5.10 Å². The molecule has 0 atom stereocenters. The molecular weight excluding hydrogens is 322 g/mol. The first-order chi connectivity index (χ1) is 12.6. The van der Waals surface area contributed by atoms with Gasteiger partial charge in [-0.25, -0.2) is 0 Å². The van der Waals surface area contributed by atoms with Crippen molar-refractivity contribution >= 4 is 11.6 Å². The Morgan fingerprint density at radius 1 is 1.08 bits per heavy atom. The lowest BCUT2D eigenvalue weighted by molar-refractivity contribution is 0.102. The smallest absolute Gasteiger partial charge is 0.255 e. The summed E-state index contributed by atoms with van der Waals surface area (Å²) < 4.78 is 1.97. The van der Waals surface area contributed by atoms with Crippen molar-refractivity contribution in [2.24, 2.45) is 0 Å². The monoisotopic (exact) mass is 345 g/mol. The molecule has 1 aliphatic rings. The summed E-state index contributed by atoms with van der Waals surface area (Å²) in [5, 5.41) is 7.53. The van der Waals surface area contributed by atoms with Crippen molar-refractivity contribution in [3.63, 3.8) is 0 Å². The average molecular weight is 345 g/mol. The Morgan fingerprint density at radius 2 is 1.92 bits per heavy atom. The van der Waals surface area contributed by atoms with Crippen molar-refractivity contribution in [1.29, 1.82) is 0 Å². The van der Waals surface area contributed by atoms with Gasteiger partial charge in [0.15, 0.2) is 0 Å². The number of carbonyl (C=O) groups excluding carboxylic acids is 1. The molecule has 0 saturated carbocycles. The van der Waals surface area contributed by atoms with E-state index in [2.05, 4.69) is 28.6 Å². The fraction of sp³-hybridized carbons (Fsp3) is 0.273. The van der Waals surface area contributed by atoms with E-state index in [1.165, 1.54) is 17.5 Å². The van der Waals surface area contributed by atoms with Gasteiger partial charge in [-0.05, 0) is 80.1 Å². The zero-order chi connectivity index (χ0) is 18.1. The van der Waals surface area contributed by atoms with Crippen molar-refractivity contribution in [2.45, 2.75) is 39.7 Å². The maximum atomic E-state index is 12.7. The molecule has 1 heterocycles. The zero-order valence-electron chi connectivity index (χ0n) is 15.2.